The molecule has 1 atom stereocenters. The average Bonchev–Trinajstić information content (AvgIpc) is 3.05. The molecule has 3 aromatic rings. The van der Waals surface area contributed by atoms with E-state index in [2.05, 4.69) is 9.72 Å². The number of hydrogen-bond acceptors (Lipinski definition) is 3. The van der Waals surface area contributed by atoms with Crippen molar-refractivity contribution in [2.24, 2.45) is 0 Å². The number of halogens is 2. The van der Waals surface area contributed by atoms with Crippen molar-refractivity contribution < 1.29 is 18.3 Å². The molecule has 0 unspecified atom stereocenters. The number of ketones is 1. The van der Waals surface area contributed by atoms with Gasteiger partial charge >= 0.3 is 6.61 Å². The van der Waals surface area contributed by atoms with E-state index in [1.807, 2.05) is 43.1 Å². The molecule has 26 heavy (non-hydrogen) atoms. The van der Waals surface area contributed by atoms with Crippen LogP contribution >= 0.6 is 0 Å². The van der Waals surface area contributed by atoms with Crippen LogP contribution in [0.1, 0.15) is 22.8 Å². The number of likely N-dealkylation sites (N-methyl/N-ethyl adjacent to an activating group) is 1. The second-order valence-corrected chi connectivity index (χ2v) is 6.23. The molecule has 0 aliphatic carbocycles. The fourth-order valence-electron chi connectivity index (χ4n) is 2.90. The van der Waals surface area contributed by atoms with Crippen LogP contribution in [-0.2, 0) is 6.54 Å². The van der Waals surface area contributed by atoms with Crippen molar-refractivity contribution in [2.75, 3.05) is 7.05 Å². The first-order valence-corrected chi connectivity index (χ1v) is 8.30. The van der Waals surface area contributed by atoms with Crippen molar-refractivity contribution in [1.29, 1.82) is 0 Å². The van der Waals surface area contributed by atoms with Crippen LogP contribution in [0.2, 0.25) is 0 Å². The maximum atomic E-state index is 12.9. The predicted octanol–water partition coefficient (Wildman–Crippen LogP) is 4.47. The third kappa shape index (κ3) is 3.91. The minimum atomic E-state index is -2.84. The molecule has 0 bridgehead atoms. The van der Waals surface area contributed by atoms with E-state index < -0.39 is 6.61 Å². The Balaban J connectivity index is 1.69. The number of H-pyrrole nitrogens is 1. The van der Waals surface area contributed by atoms with E-state index in [1.165, 1.54) is 12.1 Å². The highest BCUT2D eigenvalue weighted by molar-refractivity contribution is 6.10. The Hall–Kier alpha value is -2.73. The topological polar surface area (TPSA) is 45.3 Å². The maximum Gasteiger partial charge on any atom is 0.387 e. The number of nitrogens with one attached hydrogen (secondary N) is 1. The van der Waals surface area contributed by atoms with Gasteiger partial charge in [-0.3, -0.25) is 9.69 Å². The first-order valence-electron chi connectivity index (χ1n) is 8.30. The second kappa shape index (κ2) is 7.66. The van der Waals surface area contributed by atoms with Crippen LogP contribution in [0.3, 0.4) is 0 Å². The number of aromatic amines is 1. The standard InChI is InChI=1S/C20H20F2N2O2/c1-13(19(25)17-11-23-18-6-4-3-5-16(17)18)24(2)12-14-7-9-15(10-8-14)26-20(21)22/h3-11,13,20,23H,12H2,1-2H3/t13-/m0/s1. The molecule has 1 aromatic heterocycles. The van der Waals surface area contributed by atoms with E-state index in [-0.39, 0.29) is 17.6 Å². The lowest BCUT2D eigenvalue weighted by atomic mass is 10.0. The summed E-state index contributed by atoms with van der Waals surface area (Å²) >= 11 is 0. The lowest BCUT2D eigenvalue weighted by Crippen LogP contribution is -2.35. The Morgan fingerprint density at radius 2 is 1.85 bits per heavy atom. The number of alkyl halides is 2. The first-order chi connectivity index (χ1) is 12.5. The van der Waals surface area contributed by atoms with Gasteiger partial charge in [0, 0.05) is 29.2 Å². The van der Waals surface area contributed by atoms with Gasteiger partial charge in [-0.05, 0) is 37.7 Å². The number of hydrogen-bond donors (Lipinski definition) is 1. The normalized spacial score (nSPS) is 12.7. The highest BCUT2D eigenvalue weighted by Crippen LogP contribution is 2.21. The lowest BCUT2D eigenvalue weighted by molar-refractivity contribution is -0.0498. The highest BCUT2D eigenvalue weighted by Gasteiger charge is 2.22. The van der Waals surface area contributed by atoms with Crippen molar-refractivity contribution in [3.05, 3.63) is 65.9 Å². The van der Waals surface area contributed by atoms with Crippen LogP contribution in [0.15, 0.2) is 54.7 Å². The van der Waals surface area contributed by atoms with E-state index in [0.29, 0.717) is 12.1 Å². The molecule has 2 aromatic carbocycles. The summed E-state index contributed by atoms with van der Waals surface area (Å²) < 4.78 is 28.7. The summed E-state index contributed by atoms with van der Waals surface area (Å²) in [4.78, 5) is 17.9. The van der Waals surface area contributed by atoms with E-state index in [4.69, 9.17) is 0 Å². The predicted molar refractivity (Wildman–Crippen MR) is 96.6 cm³/mol. The fraction of sp³-hybridized carbons (Fsp3) is 0.250. The summed E-state index contributed by atoms with van der Waals surface area (Å²) in [5.41, 5.74) is 2.51. The Labute approximate surface area is 150 Å². The second-order valence-electron chi connectivity index (χ2n) is 6.23. The zero-order valence-electron chi connectivity index (χ0n) is 14.6. The molecule has 1 heterocycles. The van der Waals surface area contributed by atoms with Gasteiger partial charge < -0.3 is 9.72 Å². The van der Waals surface area contributed by atoms with E-state index in [0.717, 1.165) is 16.5 Å². The zero-order chi connectivity index (χ0) is 18.7. The molecule has 4 nitrogen and oxygen atoms in total. The summed E-state index contributed by atoms with van der Waals surface area (Å²) in [5.74, 6) is 0.150. The smallest absolute Gasteiger partial charge is 0.387 e. The zero-order valence-corrected chi connectivity index (χ0v) is 14.6. The van der Waals surface area contributed by atoms with Crippen molar-refractivity contribution in [1.82, 2.24) is 9.88 Å². The van der Waals surface area contributed by atoms with Gasteiger partial charge in [-0.1, -0.05) is 30.3 Å². The Morgan fingerprint density at radius 1 is 1.15 bits per heavy atom. The Bertz CT molecular complexity index is 890. The number of Topliss-reactive ketones (excluding diaryl/α,β-unsaturated/α-hetero) is 1. The van der Waals surface area contributed by atoms with Crippen LogP contribution in [0.25, 0.3) is 10.9 Å². The number of rotatable bonds is 7. The van der Waals surface area contributed by atoms with E-state index in [9.17, 15) is 13.6 Å². The van der Waals surface area contributed by atoms with Crippen molar-refractivity contribution in [2.45, 2.75) is 26.1 Å². The average molecular weight is 358 g/mol. The largest absolute Gasteiger partial charge is 0.435 e. The molecule has 0 saturated carbocycles. The number of nitrogens with zero attached hydrogens (tertiary/aromatic N) is 1. The van der Waals surface area contributed by atoms with E-state index in [1.54, 1.807) is 18.3 Å². The van der Waals surface area contributed by atoms with Crippen LogP contribution < -0.4 is 4.74 Å². The van der Waals surface area contributed by atoms with Gasteiger partial charge in [0.2, 0.25) is 0 Å². The molecular weight excluding hydrogens is 338 g/mol. The molecule has 0 amide bonds. The van der Waals surface area contributed by atoms with Crippen LogP contribution in [-0.4, -0.2) is 35.4 Å². The minimum Gasteiger partial charge on any atom is -0.435 e. The number of para-hydroxylation sites is 1. The van der Waals surface area contributed by atoms with Gasteiger partial charge in [0.05, 0.1) is 6.04 Å². The molecule has 136 valence electrons. The van der Waals surface area contributed by atoms with Gasteiger partial charge in [0.15, 0.2) is 5.78 Å². The number of carbonyl (C=O) groups excluding carboxylic acids is 1. The molecule has 0 radical (unpaired) electrons. The molecular formula is C20H20F2N2O2. The van der Waals surface area contributed by atoms with Gasteiger partial charge in [-0.2, -0.15) is 8.78 Å². The number of ether oxygens (including phenoxy) is 1. The summed E-state index contributed by atoms with van der Waals surface area (Å²) in [6.07, 6.45) is 1.74. The molecule has 6 heteroatoms. The number of benzene rings is 2. The summed E-state index contributed by atoms with van der Waals surface area (Å²) in [6, 6.07) is 13.8. The molecule has 1 N–H and O–H groups in total. The first kappa shape index (κ1) is 18.1. The molecule has 0 aliphatic rings. The van der Waals surface area contributed by atoms with Gasteiger partial charge in [0.1, 0.15) is 5.75 Å². The van der Waals surface area contributed by atoms with Crippen LogP contribution in [0, 0.1) is 0 Å². The summed E-state index contributed by atoms with van der Waals surface area (Å²) in [5, 5.41) is 0.909. The quantitative estimate of drug-likeness (QED) is 0.634. The van der Waals surface area contributed by atoms with Crippen molar-refractivity contribution in [3.8, 4) is 5.75 Å². The third-order valence-corrected chi connectivity index (χ3v) is 4.48. The van der Waals surface area contributed by atoms with Gasteiger partial charge in [-0.25, -0.2) is 0 Å². The lowest BCUT2D eigenvalue weighted by Gasteiger charge is -2.23. The van der Waals surface area contributed by atoms with Gasteiger partial charge in [-0.15, -0.1) is 0 Å². The van der Waals surface area contributed by atoms with Crippen LogP contribution in [0.4, 0.5) is 8.78 Å². The van der Waals surface area contributed by atoms with E-state index >= 15 is 0 Å². The highest BCUT2D eigenvalue weighted by atomic mass is 19.3. The monoisotopic (exact) mass is 358 g/mol. The fourth-order valence-corrected chi connectivity index (χ4v) is 2.90. The Kier molecular flexibility index (Phi) is 5.32. The molecule has 0 aliphatic heterocycles. The molecule has 0 spiro atoms. The van der Waals surface area contributed by atoms with Crippen LogP contribution in [0.5, 0.6) is 5.75 Å². The number of fused-ring (bicyclic) bond motifs is 1. The van der Waals surface area contributed by atoms with Crippen molar-refractivity contribution in [3.63, 3.8) is 0 Å². The van der Waals surface area contributed by atoms with Gasteiger partial charge in [0.25, 0.3) is 0 Å². The minimum absolute atomic E-state index is 0.0302. The number of aromatic nitrogens is 1. The molecule has 0 fully saturated rings. The third-order valence-electron chi connectivity index (χ3n) is 4.48. The van der Waals surface area contributed by atoms with Crippen molar-refractivity contribution >= 4 is 16.7 Å². The molecule has 3 rings (SSSR count). The SMILES string of the molecule is C[C@@H](C(=O)c1c[nH]c2ccccc12)N(C)Cc1ccc(OC(F)F)cc1. The molecule has 0 saturated heterocycles. The number of carbonyl (C=O) groups is 1. The maximum absolute atomic E-state index is 12.9. The summed E-state index contributed by atoms with van der Waals surface area (Å²) in [7, 11) is 1.86. The Morgan fingerprint density at radius 3 is 2.54 bits per heavy atom. The summed E-state index contributed by atoms with van der Waals surface area (Å²) in [6.45, 7) is -0.458.